The molecule has 4 atom stereocenters. The van der Waals surface area contributed by atoms with Crippen LogP contribution in [0.15, 0.2) is 36.4 Å². The van der Waals surface area contributed by atoms with Crippen molar-refractivity contribution >= 4 is 40.7 Å². The second-order valence-electron chi connectivity index (χ2n) is 9.25. The summed E-state index contributed by atoms with van der Waals surface area (Å²) in [4.78, 5) is 43.8. The molecule has 0 bridgehead atoms. The molecule has 4 heterocycles. The van der Waals surface area contributed by atoms with Crippen molar-refractivity contribution in [3.63, 3.8) is 0 Å². The second kappa shape index (κ2) is 6.82. The van der Waals surface area contributed by atoms with E-state index in [4.69, 9.17) is 11.6 Å². The lowest BCUT2D eigenvalue weighted by Gasteiger charge is -2.37. The number of amides is 3. The summed E-state index contributed by atoms with van der Waals surface area (Å²) in [7, 11) is 0. The number of hydrogen-bond donors (Lipinski definition) is 1. The van der Waals surface area contributed by atoms with Gasteiger partial charge < -0.3 is 5.32 Å². The van der Waals surface area contributed by atoms with E-state index in [1.54, 1.807) is 19.1 Å². The third-order valence-electron chi connectivity index (χ3n) is 7.81. The van der Waals surface area contributed by atoms with Crippen molar-refractivity contribution in [2.24, 2.45) is 11.8 Å². The third-order valence-corrected chi connectivity index (χ3v) is 8.22. The molecule has 0 unspecified atom stereocenters. The molecule has 176 valence electrons. The first-order valence-corrected chi connectivity index (χ1v) is 11.4. The van der Waals surface area contributed by atoms with E-state index in [9.17, 15) is 27.6 Å². The van der Waals surface area contributed by atoms with Crippen LogP contribution < -0.4 is 10.2 Å². The quantitative estimate of drug-likeness (QED) is 0.612. The highest BCUT2D eigenvalue weighted by Crippen LogP contribution is 2.61. The van der Waals surface area contributed by atoms with Crippen molar-refractivity contribution < 1.29 is 27.6 Å². The van der Waals surface area contributed by atoms with E-state index in [0.717, 1.165) is 12.1 Å². The fourth-order valence-corrected chi connectivity index (χ4v) is 6.69. The minimum atomic E-state index is -4.75. The average molecular weight is 490 g/mol. The van der Waals surface area contributed by atoms with Gasteiger partial charge in [0.2, 0.25) is 17.7 Å². The van der Waals surface area contributed by atoms with E-state index in [-0.39, 0.29) is 0 Å². The van der Waals surface area contributed by atoms with E-state index in [1.807, 2.05) is 4.90 Å². The number of benzene rings is 2. The van der Waals surface area contributed by atoms with Gasteiger partial charge in [-0.25, -0.2) is 4.90 Å². The normalized spacial score (nSPS) is 30.2. The molecule has 4 aliphatic heterocycles. The number of fused-ring (bicyclic) bond motifs is 7. The molecule has 0 saturated carbocycles. The predicted octanol–water partition coefficient (Wildman–Crippen LogP) is 4.10. The molecule has 3 amide bonds. The van der Waals surface area contributed by atoms with Gasteiger partial charge in [-0.15, -0.1) is 0 Å². The zero-order valence-electron chi connectivity index (χ0n) is 17.9. The van der Waals surface area contributed by atoms with Crippen molar-refractivity contribution in [1.29, 1.82) is 0 Å². The van der Waals surface area contributed by atoms with E-state index in [1.165, 1.54) is 12.1 Å². The summed E-state index contributed by atoms with van der Waals surface area (Å²) in [5.74, 6) is -3.96. The van der Waals surface area contributed by atoms with Gasteiger partial charge in [-0.3, -0.25) is 19.3 Å². The Hall–Kier alpha value is -2.91. The Bertz CT molecular complexity index is 1300. The second-order valence-corrected chi connectivity index (χ2v) is 9.66. The number of halogens is 4. The van der Waals surface area contributed by atoms with Gasteiger partial charge in [0.25, 0.3) is 0 Å². The molecule has 1 spiro atoms. The zero-order chi connectivity index (χ0) is 24.2. The smallest absolute Gasteiger partial charge is 0.324 e. The highest BCUT2D eigenvalue weighted by atomic mass is 35.5. The highest BCUT2D eigenvalue weighted by molar-refractivity contribution is 6.32. The first-order valence-electron chi connectivity index (χ1n) is 11.0. The largest absolute Gasteiger partial charge is 0.418 e. The van der Waals surface area contributed by atoms with Gasteiger partial charge in [0.05, 0.1) is 28.8 Å². The van der Waals surface area contributed by atoms with E-state index < -0.39 is 58.6 Å². The minimum Gasteiger partial charge on any atom is -0.324 e. The first-order chi connectivity index (χ1) is 16.1. The van der Waals surface area contributed by atoms with Gasteiger partial charge in [-0.1, -0.05) is 29.8 Å². The minimum absolute atomic E-state index is 0.419. The highest BCUT2D eigenvalue weighted by Gasteiger charge is 2.75. The number of nitrogens with zero attached hydrogens (tertiary/aromatic N) is 2. The van der Waals surface area contributed by atoms with Gasteiger partial charge in [0.1, 0.15) is 5.54 Å². The van der Waals surface area contributed by atoms with Crippen molar-refractivity contribution in [3.8, 4) is 0 Å². The molecule has 3 fully saturated rings. The predicted molar refractivity (Wildman–Crippen MR) is 117 cm³/mol. The Labute approximate surface area is 197 Å². The van der Waals surface area contributed by atoms with Crippen LogP contribution in [0.5, 0.6) is 0 Å². The third kappa shape index (κ3) is 2.43. The molecule has 10 heteroatoms. The molecule has 3 saturated heterocycles. The summed E-state index contributed by atoms with van der Waals surface area (Å²) in [6, 6.07) is 7.47. The van der Waals surface area contributed by atoms with Crippen LogP contribution in [0.4, 0.5) is 24.5 Å². The Balaban J connectivity index is 1.57. The zero-order valence-corrected chi connectivity index (χ0v) is 18.7. The number of para-hydroxylation sites is 1. The lowest BCUT2D eigenvalue weighted by Crippen LogP contribution is -2.54. The van der Waals surface area contributed by atoms with E-state index in [0.29, 0.717) is 46.1 Å². The van der Waals surface area contributed by atoms with E-state index in [2.05, 4.69) is 5.32 Å². The van der Waals surface area contributed by atoms with Crippen molar-refractivity contribution in [3.05, 3.63) is 58.1 Å². The van der Waals surface area contributed by atoms with Crippen LogP contribution in [-0.2, 0) is 26.1 Å². The molecular weight excluding hydrogens is 471 g/mol. The first kappa shape index (κ1) is 21.6. The van der Waals surface area contributed by atoms with Crippen LogP contribution in [0, 0.1) is 18.8 Å². The molecule has 6 rings (SSSR count). The summed E-state index contributed by atoms with van der Waals surface area (Å²) in [6.07, 6.45) is -3.46. The van der Waals surface area contributed by atoms with Crippen LogP contribution in [0.3, 0.4) is 0 Å². The van der Waals surface area contributed by atoms with Crippen LogP contribution in [0.1, 0.15) is 29.5 Å². The molecule has 2 aromatic carbocycles. The number of alkyl halides is 3. The maximum Gasteiger partial charge on any atom is 0.418 e. The number of anilines is 2. The Morgan fingerprint density at radius 1 is 1.09 bits per heavy atom. The SMILES string of the molecule is Cc1c(Cl)ccc2c1NC(=O)[C@@]21[C@@H]2C(=O)N(c3ccccc3C(F)(F)F)C(=O)[C@H]2[C@@H]2CCCN21. The van der Waals surface area contributed by atoms with Gasteiger partial charge in [-0.05, 0) is 50.1 Å². The topological polar surface area (TPSA) is 69.7 Å². The van der Waals surface area contributed by atoms with Crippen molar-refractivity contribution in [2.45, 2.75) is 37.5 Å². The number of imide groups is 1. The van der Waals surface area contributed by atoms with Crippen molar-refractivity contribution in [1.82, 2.24) is 4.90 Å². The molecule has 0 aromatic heterocycles. The fourth-order valence-electron chi connectivity index (χ4n) is 6.54. The van der Waals surface area contributed by atoms with Gasteiger partial charge in [0.15, 0.2) is 0 Å². The summed E-state index contributed by atoms with van der Waals surface area (Å²) < 4.78 is 41.3. The maximum absolute atomic E-state index is 13.9. The molecule has 6 nitrogen and oxygen atoms in total. The summed E-state index contributed by atoms with van der Waals surface area (Å²) >= 11 is 6.27. The summed E-state index contributed by atoms with van der Waals surface area (Å²) in [5.41, 5.74) is -1.34. The molecule has 1 N–H and O–H groups in total. The summed E-state index contributed by atoms with van der Waals surface area (Å²) in [6.45, 7) is 2.26. The monoisotopic (exact) mass is 489 g/mol. The van der Waals surface area contributed by atoms with Gasteiger partial charge >= 0.3 is 6.18 Å². The summed E-state index contributed by atoms with van der Waals surface area (Å²) in [5, 5.41) is 3.31. The number of hydrogen-bond acceptors (Lipinski definition) is 4. The Morgan fingerprint density at radius 2 is 1.82 bits per heavy atom. The lowest BCUT2D eigenvalue weighted by atomic mass is 9.75. The van der Waals surface area contributed by atoms with Gasteiger partial charge in [0, 0.05) is 16.6 Å². The molecule has 4 aliphatic rings. The lowest BCUT2D eigenvalue weighted by molar-refractivity contribution is -0.138. The fraction of sp³-hybridized carbons (Fsp3) is 0.375. The van der Waals surface area contributed by atoms with Crippen LogP contribution in [0.2, 0.25) is 5.02 Å². The molecule has 34 heavy (non-hydrogen) atoms. The van der Waals surface area contributed by atoms with Crippen LogP contribution >= 0.6 is 11.6 Å². The number of carbonyl (C=O) groups is 3. The number of nitrogens with one attached hydrogen (secondary N) is 1. The molecule has 2 aromatic rings. The maximum atomic E-state index is 13.9. The molecule has 0 aliphatic carbocycles. The Kier molecular flexibility index (Phi) is 4.34. The molecular formula is C24H19ClF3N3O3. The Morgan fingerprint density at radius 3 is 2.56 bits per heavy atom. The molecule has 0 radical (unpaired) electrons. The number of carbonyl (C=O) groups excluding carboxylic acids is 3. The standard InChI is InChI=1S/C24H19ClF3N3O3/c1-11-14(25)9-8-13-19(11)29-22(34)23(13)18-17(16-7-4-10-30(16)23)20(32)31(21(18)33)15-6-3-2-5-12(15)24(26,27)28/h2-3,5-6,8-9,16-18H,4,7,10H2,1H3,(H,29,34)/t16-,17-,18-,23-/m0/s1. The van der Waals surface area contributed by atoms with Crippen molar-refractivity contribution in [2.75, 3.05) is 16.8 Å². The van der Waals surface area contributed by atoms with Gasteiger partial charge in [-0.2, -0.15) is 13.2 Å². The number of rotatable bonds is 1. The van der Waals surface area contributed by atoms with E-state index >= 15 is 0 Å². The average Bonchev–Trinajstić information content (AvgIpc) is 3.49. The van der Waals surface area contributed by atoms with Crippen LogP contribution in [0.25, 0.3) is 0 Å². The van der Waals surface area contributed by atoms with Crippen LogP contribution in [-0.4, -0.2) is 35.2 Å².